The van der Waals surface area contributed by atoms with E-state index in [4.69, 9.17) is 10.3 Å². The van der Waals surface area contributed by atoms with Gasteiger partial charge in [-0.3, -0.25) is 10.1 Å². The molecule has 0 aliphatic rings. The summed E-state index contributed by atoms with van der Waals surface area (Å²) in [6.45, 7) is 0. The highest BCUT2D eigenvalue weighted by atomic mass is 16.6. The first kappa shape index (κ1) is 18.0. The number of nitro benzene ring substituents is 1. The minimum Gasteiger partial charge on any atom is -0.367 e. The second-order valence-corrected chi connectivity index (χ2v) is 6.21. The van der Waals surface area contributed by atoms with E-state index in [1.165, 1.54) is 18.2 Å². The summed E-state index contributed by atoms with van der Waals surface area (Å²) >= 11 is 0. The molecule has 0 atom stereocenters. The van der Waals surface area contributed by atoms with Crippen molar-refractivity contribution >= 4 is 39.9 Å². The average Bonchev–Trinajstić information content (AvgIpc) is 3.10. The summed E-state index contributed by atoms with van der Waals surface area (Å²) in [5.74, 6) is 0.245. The summed E-state index contributed by atoms with van der Waals surface area (Å²) in [5, 5.41) is 20.7. The van der Waals surface area contributed by atoms with Crippen LogP contribution in [0.4, 0.5) is 27.7 Å². The Morgan fingerprint density at radius 3 is 2.48 bits per heavy atom. The Morgan fingerprint density at radius 2 is 1.72 bits per heavy atom. The lowest BCUT2D eigenvalue weighted by atomic mass is 10.0. The topological polar surface area (TPSA) is 136 Å². The molecule has 1 aromatic heterocycles. The van der Waals surface area contributed by atoms with Crippen LogP contribution in [0.25, 0.3) is 22.0 Å². The van der Waals surface area contributed by atoms with Crippen LogP contribution >= 0.6 is 0 Å². The highest BCUT2D eigenvalue weighted by molar-refractivity contribution is 6.02. The van der Waals surface area contributed by atoms with Crippen LogP contribution in [0.15, 0.2) is 71.3 Å². The van der Waals surface area contributed by atoms with Gasteiger partial charge in [-0.25, -0.2) is 4.79 Å². The third-order valence-corrected chi connectivity index (χ3v) is 4.30. The lowest BCUT2D eigenvalue weighted by Gasteiger charge is -2.09. The molecule has 0 unspecified atom stereocenters. The molecule has 2 amide bonds. The molecular formula is C20H15N5O4. The second kappa shape index (κ2) is 7.31. The molecule has 0 fully saturated rings. The van der Waals surface area contributed by atoms with Gasteiger partial charge in [0.15, 0.2) is 0 Å². The molecule has 4 aromatic rings. The van der Waals surface area contributed by atoms with Crippen LogP contribution in [0.1, 0.15) is 0 Å². The van der Waals surface area contributed by atoms with Gasteiger partial charge >= 0.3 is 6.03 Å². The molecule has 144 valence electrons. The SMILES string of the molecule is Nc1onc2cccc(-c3ccc(NC(=O)Nc4cccc([N+](=O)[O-])c4)cc3)c12. The Labute approximate surface area is 164 Å². The number of amides is 2. The molecule has 1 heterocycles. The number of hydrogen-bond donors (Lipinski definition) is 3. The molecule has 0 bridgehead atoms. The largest absolute Gasteiger partial charge is 0.367 e. The first-order chi connectivity index (χ1) is 14.0. The quantitative estimate of drug-likeness (QED) is 0.344. The van der Waals surface area contributed by atoms with Crippen molar-refractivity contribution in [1.29, 1.82) is 0 Å². The molecule has 0 saturated carbocycles. The van der Waals surface area contributed by atoms with Crippen molar-refractivity contribution in [2.24, 2.45) is 0 Å². The fraction of sp³-hybridized carbons (Fsp3) is 0. The standard InChI is InChI=1S/C20H15N5O4/c21-19-18-16(5-2-6-17(18)24-29-19)12-7-9-13(10-8-12)22-20(26)23-14-3-1-4-15(11-14)25(27)28/h1-11H,21H2,(H2,22,23,26). The number of aromatic nitrogens is 1. The number of urea groups is 1. The van der Waals surface area contributed by atoms with E-state index in [0.717, 1.165) is 16.5 Å². The van der Waals surface area contributed by atoms with Crippen LogP contribution in [0.3, 0.4) is 0 Å². The first-order valence-electron chi connectivity index (χ1n) is 8.58. The van der Waals surface area contributed by atoms with E-state index in [-0.39, 0.29) is 11.6 Å². The zero-order valence-electron chi connectivity index (χ0n) is 15.0. The summed E-state index contributed by atoms with van der Waals surface area (Å²) in [4.78, 5) is 22.5. The van der Waals surface area contributed by atoms with E-state index < -0.39 is 11.0 Å². The number of hydrogen-bond acceptors (Lipinski definition) is 6. The average molecular weight is 389 g/mol. The van der Waals surface area contributed by atoms with Crippen molar-refractivity contribution in [2.45, 2.75) is 0 Å². The first-order valence-corrected chi connectivity index (χ1v) is 8.58. The van der Waals surface area contributed by atoms with Crippen LogP contribution in [0.5, 0.6) is 0 Å². The Hall–Kier alpha value is -4.40. The summed E-state index contributed by atoms with van der Waals surface area (Å²) in [7, 11) is 0. The Balaban J connectivity index is 1.50. The van der Waals surface area contributed by atoms with E-state index in [9.17, 15) is 14.9 Å². The number of nitrogens with zero attached hydrogens (tertiary/aromatic N) is 2. The molecule has 9 nitrogen and oxygen atoms in total. The van der Waals surface area contributed by atoms with Gasteiger partial charge in [-0.1, -0.05) is 35.5 Å². The normalized spacial score (nSPS) is 10.6. The van der Waals surface area contributed by atoms with Gasteiger partial charge in [-0.15, -0.1) is 0 Å². The number of anilines is 3. The van der Waals surface area contributed by atoms with Crippen molar-refractivity contribution in [3.05, 3.63) is 76.8 Å². The number of nitro groups is 1. The molecule has 0 radical (unpaired) electrons. The van der Waals surface area contributed by atoms with Gasteiger partial charge in [-0.05, 0) is 35.4 Å². The van der Waals surface area contributed by atoms with Crippen LogP contribution in [0.2, 0.25) is 0 Å². The van der Waals surface area contributed by atoms with Gasteiger partial charge in [0.25, 0.3) is 5.69 Å². The highest BCUT2D eigenvalue weighted by Crippen LogP contribution is 2.32. The van der Waals surface area contributed by atoms with E-state index in [1.807, 2.05) is 30.3 Å². The second-order valence-electron chi connectivity index (χ2n) is 6.21. The fourth-order valence-corrected chi connectivity index (χ4v) is 2.98. The van der Waals surface area contributed by atoms with Crippen molar-refractivity contribution in [3.63, 3.8) is 0 Å². The number of rotatable bonds is 4. The van der Waals surface area contributed by atoms with Crippen molar-refractivity contribution < 1.29 is 14.2 Å². The maximum absolute atomic E-state index is 12.2. The van der Waals surface area contributed by atoms with E-state index in [0.29, 0.717) is 16.9 Å². The number of fused-ring (bicyclic) bond motifs is 1. The van der Waals surface area contributed by atoms with Gasteiger partial charge < -0.3 is 20.9 Å². The molecule has 0 aliphatic carbocycles. The maximum atomic E-state index is 12.2. The van der Waals surface area contributed by atoms with Gasteiger partial charge in [0.1, 0.15) is 5.52 Å². The fourth-order valence-electron chi connectivity index (χ4n) is 2.98. The summed E-state index contributed by atoms with van der Waals surface area (Å²) in [6, 6.07) is 17.9. The van der Waals surface area contributed by atoms with Crippen molar-refractivity contribution in [3.8, 4) is 11.1 Å². The van der Waals surface area contributed by atoms with E-state index in [1.54, 1.807) is 18.2 Å². The minimum atomic E-state index is -0.523. The smallest absolute Gasteiger partial charge is 0.323 e. The van der Waals surface area contributed by atoms with Gasteiger partial charge in [0.2, 0.25) is 5.88 Å². The lowest BCUT2D eigenvalue weighted by molar-refractivity contribution is -0.384. The zero-order valence-corrected chi connectivity index (χ0v) is 15.0. The summed E-state index contributed by atoms with van der Waals surface area (Å²) < 4.78 is 5.05. The predicted octanol–water partition coefficient (Wildman–Crippen LogP) is 4.63. The van der Waals surface area contributed by atoms with E-state index >= 15 is 0 Å². The van der Waals surface area contributed by atoms with E-state index in [2.05, 4.69) is 15.8 Å². The van der Waals surface area contributed by atoms with Crippen LogP contribution in [-0.4, -0.2) is 16.1 Å². The number of nitrogen functional groups attached to an aromatic ring is 1. The number of carbonyl (C=O) groups is 1. The number of non-ortho nitro benzene ring substituents is 1. The molecule has 29 heavy (non-hydrogen) atoms. The Kier molecular flexibility index (Phi) is 4.54. The molecule has 4 rings (SSSR count). The number of nitrogens with two attached hydrogens (primary N) is 1. The van der Waals surface area contributed by atoms with Gasteiger partial charge in [0.05, 0.1) is 10.3 Å². The predicted molar refractivity (Wildman–Crippen MR) is 110 cm³/mol. The molecule has 3 aromatic carbocycles. The molecule has 0 saturated heterocycles. The number of carbonyl (C=O) groups excluding carboxylic acids is 1. The Bertz CT molecular complexity index is 1220. The Morgan fingerprint density at radius 1 is 1.00 bits per heavy atom. The maximum Gasteiger partial charge on any atom is 0.323 e. The molecule has 9 heteroatoms. The van der Waals surface area contributed by atoms with Crippen molar-refractivity contribution in [1.82, 2.24) is 5.16 Å². The van der Waals surface area contributed by atoms with Gasteiger partial charge in [0, 0.05) is 23.5 Å². The molecule has 4 N–H and O–H groups in total. The summed E-state index contributed by atoms with van der Waals surface area (Å²) in [5.41, 5.74) is 9.07. The lowest BCUT2D eigenvalue weighted by Crippen LogP contribution is -2.19. The van der Waals surface area contributed by atoms with Crippen LogP contribution in [-0.2, 0) is 0 Å². The highest BCUT2D eigenvalue weighted by Gasteiger charge is 2.12. The molecule has 0 spiro atoms. The number of nitrogens with one attached hydrogen (secondary N) is 2. The summed E-state index contributed by atoms with van der Waals surface area (Å²) in [6.07, 6.45) is 0. The zero-order chi connectivity index (χ0) is 20.4. The molecular weight excluding hydrogens is 374 g/mol. The molecule has 0 aliphatic heterocycles. The van der Waals surface area contributed by atoms with Crippen molar-refractivity contribution in [2.75, 3.05) is 16.4 Å². The van der Waals surface area contributed by atoms with Crippen LogP contribution in [0, 0.1) is 10.1 Å². The third kappa shape index (κ3) is 3.69. The number of benzene rings is 3. The minimum absolute atomic E-state index is 0.102. The third-order valence-electron chi connectivity index (χ3n) is 4.30. The monoisotopic (exact) mass is 389 g/mol. The van der Waals surface area contributed by atoms with Crippen LogP contribution < -0.4 is 16.4 Å². The van der Waals surface area contributed by atoms with Gasteiger partial charge in [-0.2, -0.15) is 0 Å².